The fourth-order valence-electron chi connectivity index (χ4n) is 4.24. The average Bonchev–Trinajstić information content (AvgIpc) is 2.92. The number of halogens is 1. The van der Waals surface area contributed by atoms with Gasteiger partial charge in [0, 0.05) is 18.6 Å². The van der Waals surface area contributed by atoms with Gasteiger partial charge in [-0.05, 0) is 61.7 Å². The minimum atomic E-state index is -4.21. The Labute approximate surface area is 235 Å². The molecule has 39 heavy (non-hydrogen) atoms. The van der Waals surface area contributed by atoms with Gasteiger partial charge in [-0.25, -0.2) is 8.42 Å². The van der Waals surface area contributed by atoms with E-state index in [9.17, 15) is 18.0 Å². The highest BCUT2D eigenvalue weighted by Gasteiger charge is 2.34. The number of anilines is 1. The van der Waals surface area contributed by atoms with Crippen LogP contribution in [0.1, 0.15) is 30.0 Å². The maximum absolute atomic E-state index is 14.0. The Bertz CT molecular complexity index is 1430. The molecule has 0 aliphatic carbocycles. The molecule has 1 atom stereocenters. The number of hydrogen-bond donors (Lipinski definition) is 1. The van der Waals surface area contributed by atoms with Crippen LogP contribution >= 0.6 is 11.6 Å². The van der Waals surface area contributed by atoms with E-state index in [1.165, 1.54) is 31.2 Å². The van der Waals surface area contributed by atoms with Crippen molar-refractivity contribution in [2.24, 2.45) is 0 Å². The number of sulfonamides is 1. The first-order valence-corrected chi connectivity index (χ1v) is 14.3. The van der Waals surface area contributed by atoms with Crippen molar-refractivity contribution < 1.29 is 22.7 Å². The molecule has 10 heteroatoms. The van der Waals surface area contributed by atoms with Crippen LogP contribution in [0.25, 0.3) is 0 Å². The fourth-order valence-corrected chi connectivity index (χ4v) is 5.85. The molecule has 0 fully saturated rings. The Morgan fingerprint density at radius 2 is 1.64 bits per heavy atom. The molecule has 1 N–H and O–H groups in total. The SMILES string of the molecule is CC[C@@H](C(=O)NC)N(Cc1ccccc1Cl)C(=O)CN(c1cc(C)ccc1OC)S(=O)(=O)c1ccc(C)cc1. The molecule has 0 saturated heterocycles. The molecule has 0 radical (unpaired) electrons. The summed E-state index contributed by atoms with van der Waals surface area (Å²) in [6.45, 7) is 4.93. The summed E-state index contributed by atoms with van der Waals surface area (Å²) >= 11 is 6.40. The second-order valence-corrected chi connectivity index (χ2v) is 11.4. The summed E-state index contributed by atoms with van der Waals surface area (Å²) in [7, 11) is -1.27. The summed E-state index contributed by atoms with van der Waals surface area (Å²) in [6.07, 6.45) is 0.314. The quantitative estimate of drug-likeness (QED) is 0.359. The number of amides is 2. The zero-order chi connectivity index (χ0) is 28.7. The highest BCUT2D eigenvalue weighted by atomic mass is 35.5. The monoisotopic (exact) mass is 571 g/mol. The highest BCUT2D eigenvalue weighted by Crippen LogP contribution is 2.34. The van der Waals surface area contributed by atoms with Crippen LogP contribution in [-0.4, -0.2) is 51.9 Å². The summed E-state index contributed by atoms with van der Waals surface area (Å²) in [4.78, 5) is 28.3. The van der Waals surface area contributed by atoms with Gasteiger partial charge in [-0.3, -0.25) is 13.9 Å². The number of ether oxygens (including phenoxy) is 1. The zero-order valence-electron chi connectivity index (χ0n) is 22.8. The lowest BCUT2D eigenvalue weighted by Crippen LogP contribution is -2.51. The fraction of sp³-hybridized carbons (Fsp3) is 0.310. The van der Waals surface area contributed by atoms with E-state index in [0.29, 0.717) is 22.8 Å². The molecule has 3 aromatic rings. The number of nitrogens with one attached hydrogen (secondary N) is 1. The number of carbonyl (C=O) groups is 2. The Kier molecular flexibility index (Phi) is 9.99. The first-order valence-electron chi connectivity index (χ1n) is 12.5. The summed E-state index contributed by atoms with van der Waals surface area (Å²) < 4.78 is 34.6. The molecule has 0 saturated carbocycles. The van der Waals surface area contributed by atoms with E-state index in [-0.39, 0.29) is 23.0 Å². The maximum atomic E-state index is 14.0. The van der Waals surface area contributed by atoms with E-state index >= 15 is 0 Å². The Morgan fingerprint density at radius 3 is 2.23 bits per heavy atom. The van der Waals surface area contributed by atoms with Gasteiger partial charge < -0.3 is 15.0 Å². The molecule has 3 aromatic carbocycles. The third kappa shape index (κ3) is 6.91. The average molecular weight is 572 g/mol. The van der Waals surface area contributed by atoms with E-state index in [1.54, 1.807) is 61.5 Å². The number of rotatable bonds is 11. The van der Waals surface area contributed by atoms with Gasteiger partial charge in [0.1, 0.15) is 18.3 Å². The molecule has 0 bridgehead atoms. The Hall–Kier alpha value is -3.56. The molecule has 0 aliphatic rings. The van der Waals surface area contributed by atoms with Crippen molar-refractivity contribution >= 4 is 39.1 Å². The number of aryl methyl sites for hydroxylation is 2. The van der Waals surface area contributed by atoms with Crippen molar-refractivity contribution in [3.05, 3.63) is 88.4 Å². The van der Waals surface area contributed by atoms with Gasteiger partial charge in [-0.2, -0.15) is 0 Å². The summed E-state index contributed by atoms with van der Waals surface area (Å²) in [5.41, 5.74) is 2.53. The predicted molar refractivity (Wildman–Crippen MR) is 154 cm³/mol. The van der Waals surface area contributed by atoms with Gasteiger partial charge in [0.25, 0.3) is 10.0 Å². The molecular formula is C29H34ClN3O5S. The van der Waals surface area contributed by atoms with Crippen molar-refractivity contribution in [3.8, 4) is 5.75 Å². The molecule has 0 aromatic heterocycles. The minimum absolute atomic E-state index is 0.0216. The lowest BCUT2D eigenvalue weighted by atomic mass is 10.1. The van der Waals surface area contributed by atoms with Gasteiger partial charge in [-0.15, -0.1) is 0 Å². The van der Waals surface area contributed by atoms with E-state index in [4.69, 9.17) is 16.3 Å². The molecule has 8 nitrogen and oxygen atoms in total. The minimum Gasteiger partial charge on any atom is -0.495 e. The summed E-state index contributed by atoms with van der Waals surface area (Å²) in [5, 5.41) is 3.04. The molecule has 2 amide bonds. The van der Waals surface area contributed by atoms with Crippen LogP contribution in [0.4, 0.5) is 5.69 Å². The van der Waals surface area contributed by atoms with Crippen LogP contribution in [0.3, 0.4) is 0 Å². The topological polar surface area (TPSA) is 96.0 Å². The number of benzene rings is 3. The molecule has 3 rings (SSSR count). The number of likely N-dealkylation sites (N-methyl/N-ethyl adjacent to an activating group) is 1. The molecule has 0 spiro atoms. The number of hydrogen-bond acceptors (Lipinski definition) is 5. The van der Waals surface area contributed by atoms with Gasteiger partial charge in [0.05, 0.1) is 17.7 Å². The Balaban J connectivity index is 2.14. The van der Waals surface area contributed by atoms with E-state index < -0.39 is 28.5 Å². The van der Waals surface area contributed by atoms with Gasteiger partial charge in [0.15, 0.2) is 0 Å². The van der Waals surface area contributed by atoms with Crippen molar-refractivity contribution in [2.45, 2.75) is 44.7 Å². The summed E-state index contributed by atoms with van der Waals surface area (Å²) in [6, 6.07) is 17.7. The molecule has 0 heterocycles. The normalized spacial score (nSPS) is 11.9. The first-order chi connectivity index (χ1) is 18.5. The second-order valence-electron chi connectivity index (χ2n) is 9.15. The Morgan fingerprint density at radius 1 is 1.00 bits per heavy atom. The zero-order valence-corrected chi connectivity index (χ0v) is 24.3. The first kappa shape index (κ1) is 30.0. The van der Waals surface area contributed by atoms with Gasteiger partial charge >= 0.3 is 0 Å². The van der Waals surface area contributed by atoms with Crippen molar-refractivity contribution in [1.29, 1.82) is 0 Å². The van der Waals surface area contributed by atoms with Gasteiger partial charge in [-0.1, -0.05) is 60.5 Å². The van der Waals surface area contributed by atoms with E-state index in [0.717, 1.165) is 15.4 Å². The van der Waals surface area contributed by atoms with Crippen molar-refractivity contribution in [1.82, 2.24) is 10.2 Å². The number of carbonyl (C=O) groups excluding carboxylic acids is 2. The lowest BCUT2D eigenvalue weighted by molar-refractivity contribution is -0.140. The smallest absolute Gasteiger partial charge is 0.264 e. The van der Waals surface area contributed by atoms with Crippen LogP contribution in [0.2, 0.25) is 5.02 Å². The molecule has 208 valence electrons. The van der Waals surface area contributed by atoms with Crippen molar-refractivity contribution in [2.75, 3.05) is 25.0 Å². The largest absolute Gasteiger partial charge is 0.495 e. The molecular weight excluding hydrogens is 538 g/mol. The van der Waals surface area contributed by atoms with Crippen LogP contribution in [0.15, 0.2) is 71.6 Å². The van der Waals surface area contributed by atoms with Crippen LogP contribution < -0.4 is 14.4 Å². The van der Waals surface area contributed by atoms with Crippen LogP contribution in [0.5, 0.6) is 5.75 Å². The van der Waals surface area contributed by atoms with Crippen LogP contribution in [-0.2, 0) is 26.2 Å². The number of methoxy groups -OCH3 is 1. The van der Waals surface area contributed by atoms with Crippen LogP contribution in [0, 0.1) is 13.8 Å². The van der Waals surface area contributed by atoms with Crippen molar-refractivity contribution in [3.63, 3.8) is 0 Å². The maximum Gasteiger partial charge on any atom is 0.264 e. The third-order valence-corrected chi connectivity index (χ3v) is 8.56. The van der Waals surface area contributed by atoms with E-state index in [2.05, 4.69) is 5.32 Å². The molecule has 0 unspecified atom stereocenters. The standard InChI is InChI=1S/C29H34ClN3O5S/c1-6-25(29(35)31-4)32(18-22-9-7-8-10-24(22)30)28(34)19-33(26-17-21(3)13-16-27(26)38-5)39(36,37)23-14-11-20(2)12-15-23/h7-17,25H,6,18-19H2,1-5H3,(H,31,35)/t25-/m0/s1. The third-order valence-electron chi connectivity index (χ3n) is 6.42. The second kappa shape index (κ2) is 13.0. The summed E-state index contributed by atoms with van der Waals surface area (Å²) in [5.74, 6) is -0.635. The molecule has 0 aliphatic heterocycles. The van der Waals surface area contributed by atoms with Gasteiger partial charge in [0.2, 0.25) is 11.8 Å². The predicted octanol–water partition coefficient (Wildman–Crippen LogP) is 4.71. The van der Waals surface area contributed by atoms with E-state index in [1.807, 2.05) is 13.8 Å². The highest BCUT2D eigenvalue weighted by molar-refractivity contribution is 7.92. The lowest BCUT2D eigenvalue weighted by Gasteiger charge is -2.33. The number of nitrogens with zero attached hydrogens (tertiary/aromatic N) is 2.